The summed E-state index contributed by atoms with van der Waals surface area (Å²) < 4.78 is 10.8. The first-order chi connectivity index (χ1) is 11.8. The van der Waals surface area contributed by atoms with Crippen molar-refractivity contribution >= 4 is 16.7 Å². The highest BCUT2D eigenvalue weighted by Gasteiger charge is 2.17. The predicted molar refractivity (Wildman–Crippen MR) is 98.8 cm³/mol. The summed E-state index contributed by atoms with van der Waals surface area (Å²) in [6.07, 6.45) is 8.42. The van der Waals surface area contributed by atoms with Crippen molar-refractivity contribution in [2.75, 3.05) is 13.7 Å². The van der Waals surface area contributed by atoms with Crippen LogP contribution >= 0.6 is 0 Å². The molecule has 0 atom stereocenters. The number of methoxy groups -OCH3 is 1. The van der Waals surface area contributed by atoms with Gasteiger partial charge in [-0.05, 0) is 23.3 Å². The lowest BCUT2D eigenvalue weighted by molar-refractivity contribution is 0.0496. The lowest BCUT2D eigenvalue weighted by atomic mass is 10.0. The van der Waals surface area contributed by atoms with Gasteiger partial charge in [0.1, 0.15) is 11.3 Å². The van der Waals surface area contributed by atoms with Crippen LogP contribution in [0.1, 0.15) is 62.2 Å². The minimum absolute atomic E-state index is 0.297. The molecule has 0 saturated carbocycles. The quantitative estimate of drug-likeness (QED) is 0.411. The summed E-state index contributed by atoms with van der Waals surface area (Å²) in [5, 5.41) is 1.89. The normalized spacial score (nSPS) is 10.8. The van der Waals surface area contributed by atoms with Gasteiger partial charge in [-0.1, -0.05) is 75.8 Å². The monoisotopic (exact) mass is 328 g/mol. The van der Waals surface area contributed by atoms with E-state index in [-0.39, 0.29) is 5.97 Å². The molecular weight excluding hydrogens is 300 g/mol. The van der Waals surface area contributed by atoms with Crippen LogP contribution in [0, 0.1) is 0 Å². The van der Waals surface area contributed by atoms with Gasteiger partial charge in [0.25, 0.3) is 0 Å². The number of unbranched alkanes of at least 4 members (excludes halogenated alkanes) is 6. The molecule has 0 N–H and O–H groups in total. The van der Waals surface area contributed by atoms with Crippen molar-refractivity contribution in [1.82, 2.24) is 0 Å². The second-order valence-electron chi connectivity index (χ2n) is 6.12. The maximum Gasteiger partial charge on any atom is 0.342 e. The van der Waals surface area contributed by atoms with Crippen LogP contribution in [-0.4, -0.2) is 19.7 Å². The number of rotatable bonds is 10. The zero-order valence-corrected chi connectivity index (χ0v) is 14.8. The summed E-state index contributed by atoms with van der Waals surface area (Å²) in [7, 11) is 1.58. The van der Waals surface area contributed by atoms with E-state index in [1.807, 2.05) is 36.4 Å². The number of esters is 1. The molecule has 0 bridgehead atoms. The van der Waals surface area contributed by atoms with Crippen molar-refractivity contribution in [3.05, 3.63) is 42.0 Å². The van der Waals surface area contributed by atoms with Crippen LogP contribution in [0.5, 0.6) is 5.75 Å². The van der Waals surface area contributed by atoms with Gasteiger partial charge in [-0.15, -0.1) is 0 Å². The van der Waals surface area contributed by atoms with E-state index in [0.29, 0.717) is 17.9 Å². The average Bonchev–Trinajstić information content (AvgIpc) is 2.62. The smallest absolute Gasteiger partial charge is 0.342 e. The molecule has 2 aromatic rings. The molecule has 2 rings (SSSR count). The van der Waals surface area contributed by atoms with Crippen LogP contribution < -0.4 is 4.74 Å². The minimum Gasteiger partial charge on any atom is -0.496 e. The van der Waals surface area contributed by atoms with Gasteiger partial charge in [0.05, 0.1) is 13.7 Å². The summed E-state index contributed by atoms with van der Waals surface area (Å²) >= 11 is 0. The Labute approximate surface area is 145 Å². The Morgan fingerprint density at radius 2 is 1.62 bits per heavy atom. The summed E-state index contributed by atoms with van der Waals surface area (Å²) in [5.74, 6) is 0.271. The highest BCUT2D eigenvalue weighted by atomic mass is 16.5. The lowest BCUT2D eigenvalue weighted by Crippen LogP contribution is -2.09. The van der Waals surface area contributed by atoms with Gasteiger partial charge < -0.3 is 9.47 Å². The Balaban J connectivity index is 1.89. The molecule has 0 amide bonds. The van der Waals surface area contributed by atoms with Crippen molar-refractivity contribution in [3.63, 3.8) is 0 Å². The number of benzene rings is 2. The summed E-state index contributed by atoms with van der Waals surface area (Å²) in [4.78, 5) is 12.5. The molecule has 0 aromatic heterocycles. The van der Waals surface area contributed by atoms with Crippen molar-refractivity contribution in [2.24, 2.45) is 0 Å². The largest absolute Gasteiger partial charge is 0.496 e. The number of ether oxygens (including phenoxy) is 2. The van der Waals surface area contributed by atoms with E-state index >= 15 is 0 Å². The molecule has 0 aliphatic rings. The Kier molecular flexibility index (Phi) is 7.60. The van der Waals surface area contributed by atoms with E-state index in [9.17, 15) is 4.79 Å². The van der Waals surface area contributed by atoms with Crippen molar-refractivity contribution in [1.29, 1.82) is 0 Å². The first kappa shape index (κ1) is 18.3. The number of carbonyl (C=O) groups is 1. The molecule has 0 aliphatic carbocycles. The molecule has 0 saturated heterocycles. The number of carbonyl (C=O) groups excluding carboxylic acids is 1. The van der Waals surface area contributed by atoms with Crippen LogP contribution in [0.15, 0.2) is 36.4 Å². The molecule has 0 spiro atoms. The predicted octanol–water partition coefficient (Wildman–Crippen LogP) is 5.76. The zero-order valence-electron chi connectivity index (χ0n) is 14.8. The van der Waals surface area contributed by atoms with Crippen LogP contribution in [-0.2, 0) is 4.74 Å². The highest BCUT2D eigenvalue weighted by Crippen LogP contribution is 2.28. The SMILES string of the molecule is CCCCCCCCCOC(=O)c1c(OC)ccc2ccccc12. The van der Waals surface area contributed by atoms with Crippen LogP contribution in [0.3, 0.4) is 0 Å². The molecule has 0 unspecified atom stereocenters. The molecule has 0 fully saturated rings. The highest BCUT2D eigenvalue weighted by molar-refractivity contribution is 6.07. The summed E-state index contributed by atoms with van der Waals surface area (Å²) in [5.41, 5.74) is 0.526. The van der Waals surface area contributed by atoms with Crippen LogP contribution in [0.2, 0.25) is 0 Å². The number of hydrogen-bond donors (Lipinski definition) is 0. The molecule has 130 valence electrons. The first-order valence-corrected chi connectivity index (χ1v) is 9.00. The maximum atomic E-state index is 12.5. The summed E-state index contributed by atoms with van der Waals surface area (Å²) in [6.45, 7) is 2.69. The molecule has 0 aliphatic heterocycles. The Morgan fingerprint density at radius 1 is 0.917 bits per heavy atom. The minimum atomic E-state index is -0.297. The molecule has 0 heterocycles. The van der Waals surface area contributed by atoms with Crippen LogP contribution in [0.25, 0.3) is 10.8 Å². The van der Waals surface area contributed by atoms with Gasteiger partial charge in [0, 0.05) is 0 Å². The fourth-order valence-electron chi connectivity index (χ4n) is 2.93. The third-order valence-corrected chi connectivity index (χ3v) is 4.30. The number of hydrogen-bond acceptors (Lipinski definition) is 3. The zero-order chi connectivity index (χ0) is 17.2. The molecule has 24 heavy (non-hydrogen) atoms. The summed E-state index contributed by atoms with van der Waals surface area (Å²) in [6, 6.07) is 11.6. The van der Waals surface area contributed by atoms with Crippen LogP contribution in [0.4, 0.5) is 0 Å². The Morgan fingerprint density at radius 3 is 2.38 bits per heavy atom. The standard InChI is InChI=1S/C21H28O3/c1-3-4-5-6-7-8-11-16-24-21(22)20-18-13-10-9-12-17(18)14-15-19(20)23-2/h9-10,12-15H,3-8,11,16H2,1-2H3. The second kappa shape index (κ2) is 9.96. The van der Waals surface area contributed by atoms with E-state index in [1.165, 1.54) is 32.1 Å². The van der Waals surface area contributed by atoms with Gasteiger partial charge in [-0.3, -0.25) is 0 Å². The van der Waals surface area contributed by atoms with E-state index in [4.69, 9.17) is 9.47 Å². The van der Waals surface area contributed by atoms with Gasteiger partial charge in [0.2, 0.25) is 0 Å². The fourth-order valence-corrected chi connectivity index (χ4v) is 2.93. The third kappa shape index (κ3) is 4.98. The van der Waals surface area contributed by atoms with Crippen molar-refractivity contribution in [3.8, 4) is 5.75 Å². The topological polar surface area (TPSA) is 35.5 Å². The van der Waals surface area contributed by atoms with Gasteiger partial charge in [-0.25, -0.2) is 4.79 Å². The molecule has 3 heteroatoms. The molecule has 3 nitrogen and oxygen atoms in total. The fraction of sp³-hybridized carbons (Fsp3) is 0.476. The Bertz CT molecular complexity index is 649. The third-order valence-electron chi connectivity index (χ3n) is 4.30. The first-order valence-electron chi connectivity index (χ1n) is 9.00. The average molecular weight is 328 g/mol. The van der Waals surface area contributed by atoms with E-state index < -0.39 is 0 Å². The Hall–Kier alpha value is -2.03. The van der Waals surface area contributed by atoms with E-state index in [0.717, 1.165) is 23.6 Å². The number of fused-ring (bicyclic) bond motifs is 1. The van der Waals surface area contributed by atoms with E-state index in [1.54, 1.807) is 7.11 Å². The van der Waals surface area contributed by atoms with Gasteiger partial charge in [0.15, 0.2) is 0 Å². The second-order valence-corrected chi connectivity index (χ2v) is 6.12. The molecule has 2 aromatic carbocycles. The molecular formula is C21H28O3. The molecule has 0 radical (unpaired) electrons. The van der Waals surface area contributed by atoms with E-state index in [2.05, 4.69) is 6.92 Å². The van der Waals surface area contributed by atoms with Crippen molar-refractivity contribution in [2.45, 2.75) is 51.9 Å². The van der Waals surface area contributed by atoms with Crippen molar-refractivity contribution < 1.29 is 14.3 Å². The maximum absolute atomic E-state index is 12.5. The van der Waals surface area contributed by atoms with Gasteiger partial charge >= 0.3 is 5.97 Å². The lowest BCUT2D eigenvalue weighted by Gasteiger charge is -2.11. The van der Waals surface area contributed by atoms with Gasteiger partial charge in [-0.2, -0.15) is 0 Å².